The largest absolute Gasteiger partial charge is 0.494 e. The van der Waals surface area contributed by atoms with Crippen LogP contribution in [0.1, 0.15) is 38.1 Å². The highest BCUT2D eigenvalue weighted by atomic mass is 79.9. The van der Waals surface area contributed by atoms with Gasteiger partial charge in [-0.15, -0.1) is 0 Å². The van der Waals surface area contributed by atoms with Gasteiger partial charge in [-0.25, -0.2) is 0 Å². The van der Waals surface area contributed by atoms with Gasteiger partial charge in [0.1, 0.15) is 5.75 Å². The van der Waals surface area contributed by atoms with Crippen molar-refractivity contribution in [2.24, 2.45) is 11.8 Å². The number of halogens is 1. The zero-order valence-corrected chi connectivity index (χ0v) is 12.1. The van der Waals surface area contributed by atoms with E-state index in [4.69, 9.17) is 4.74 Å². The van der Waals surface area contributed by atoms with Crippen LogP contribution in [0.2, 0.25) is 0 Å². The zero-order chi connectivity index (χ0) is 12.1. The Labute approximate surface area is 107 Å². The molecule has 0 aliphatic rings. The molecule has 0 bridgehead atoms. The normalized spacial score (nSPS) is 14.9. The van der Waals surface area contributed by atoms with Crippen molar-refractivity contribution in [1.82, 2.24) is 0 Å². The van der Waals surface area contributed by atoms with Crippen molar-refractivity contribution in [3.8, 4) is 5.75 Å². The van der Waals surface area contributed by atoms with E-state index in [1.807, 2.05) is 19.1 Å². The Kier molecular flexibility index (Phi) is 5.33. The lowest BCUT2D eigenvalue weighted by Gasteiger charge is -2.22. The molecule has 0 radical (unpaired) electrons. The molecule has 0 aliphatic heterocycles. The molecule has 2 unspecified atom stereocenters. The predicted octanol–water partition coefficient (Wildman–Crippen LogP) is 4.81. The van der Waals surface area contributed by atoms with Crippen molar-refractivity contribution in [2.75, 3.05) is 6.61 Å². The number of benzene rings is 1. The van der Waals surface area contributed by atoms with Crippen LogP contribution in [0.15, 0.2) is 24.3 Å². The van der Waals surface area contributed by atoms with Crippen molar-refractivity contribution >= 4 is 15.9 Å². The van der Waals surface area contributed by atoms with E-state index in [0.29, 0.717) is 16.7 Å². The number of hydrogen-bond acceptors (Lipinski definition) is 1. The van der Waals surface area contributed by atoms with Gasteiger partial charge in [0.2, 0.25) is 0 Å². The third-order valence-electron chi connectivity index (χ3n) is 3.02. The molecule has 0 N–H and O–H groups in total. The van der Waals surface area contributed by atoms with E-state index >= 15 is 0 Å². The maximum absolute atomic E-state index is 5.43. The Balaban J connectivity index is 2.73. The van der Waals surface area contributed by atoms with Crippen LogP contribution in [0.5, 0.6) is 5.75 Å². The molecule has 1 nitrogen and oxygen atoms in total. The first kappa shape index (κ1) is 13.6. The molecule has 0 aromatic heterocycles. The number of rotatable bonds is 5. The van der Waals surface area contributed by atoms with Crippen LogP contribution >= 0.6 is 15.9 Å². The lowest BCUT2D eigenvalue weighted by atomic mass is 9.91. The van der Waals surface area contributed by atoms with Crippen LogP contribution in [0.25, 0.3) is 0 Å². The summed E-state index contributed by atoms with van der Waals surface area (Å²) in [6, 6.07) is 8.37. The van der Waals surface area contributed by atoms with E-state index in [-0.39, 0.29) is 0 Å². The molecule has 1 aromatic carbocycles. The third-order valence-corrected chi connectivity index (χ3v) is 4.39. The molecular formula is C14H21BrO. The van der Waals surface area contributed by atoms with Crippen molar-refractivity contribution in [2.45, 2.75) is 32.5 Å². The fourth-order valence-electron chi connectivity index (χ4n) is 1.56. The van der Waals surface area contributed by atoms with Gasteiger partial charge in [0, 0.05) is 4.83 Å². The first-order valence-corrected chi connectivity index (χ1v) is 6.84. The number of alkyl halides is 1. The second-order valence-corrected chi connectivity index (χ2v) is 5.49. The molecule has 0 saturated carbocycles. The average molecular weight is 285 g/mol. The van der Waals surface area contributed by atoms with Gasteiger partial charge < -0.3 is 4.74 Å². The number of ether oxygens (including phenoxy) is 1. The van der Waals surface area contributed by atoms with Crippen molar-refractivity contribution in [1.29, 1.82) is 0 Å². The Hall–Kier alpha value is -0.500. The van der Waals surface area contributed by atoms with Gasteiger partial charge in [0.15, 0.2) is 0 Å². The van der Waals surface area contributed by atoms with E-state index < -0.39 is 0 Å². The minimum atomic E-state index is 0.420. The van der Waals surface area contributed by atoms with Gasteiger partial charge in [-0.05, 0) is 36.5 Å². The summed E-state index contributed by atoms with van der Waals surface area (Å²) in [4.78, 5) is 0.420. The maximum atomic E-state index is 5.43. The molecule has 0 fully saturated rings. The molecule has 0 heterocycles. The fourth-order valence-corrected chi connectivity index (χ4v) is 2.47. The maximum Gasteiger partial charge on any atom is 0.119 e. The summed E-state index contributed by atoms with van der Waals surface area (Å²) < 4.78 is 5.43. The molecule has 16 heavy (non-hydrogen) atoms. The minimum absolute atomic E-state index is 0.420. The minimum Gasteiger partial charge on any atom is -0.494 e. The second-order valence-electron chi connectivity index (χ2n) is 4.51. The van der Waals surface area contributed by atoms with Crippen LogP contribution in [0.3, 0.4) is 0 Å². The standard InChI is InChI=1S/C14H21BrO/c1-5-16-13-8-6-12(7-9-13)14(15)11(4)10(2)3/h6-11,14H,5H2,1-4H3. The van der Waals surface area contributed by atoms with Crippen molar-refractivity contribution in [3.63, 3.8) is 0 Å². The summed E-state index contributed by atoms with van der Waals surface area (Å²) in [5.41, 5.74) is 1.32. The van der Waals surface area contributed by atoms with Gasteiger partial charge >= 0.3 is 0 Å². The molecule has 0 saturated heterocycles. The summed E-state index contributed by atoms with van der Waals surface area (Å²) in [6.07, 6.45) is 0. The lowest BCUT2D eigenvalue weighted by molar-refractivity contribution is 0.340. The van der Waals surface area contributed by atoms with Gasteiger partial charge in [0.05, 0.1) is 6.61 Å². The van der Waals surface area contributed by atoms with Crippen LogP contribution in [0, 0.1) is 11.8 Å². The second kappa shape index (κ2) is 6.29. The van der Waals surface area contributed by atoms with Crippen LogP contribution in [-0.2, 0) is 0 Å². The molecule has 0 aliphatic carbocycles. The average Bonchev–Trinajstić information content (AvgIpc) is 2.28. The van der Waals surface area contributed by atoms with Crippen LogP contribution in [0.4, 0.5) is 0 Å². The van der Waals surface area contributed by atoms with Crippen molar-refractivity contribution in [3.05, 3.63) is 29.8 Å². The zero-order valence-electron chi connectivity index (χ0n) is 10.5. The Morgan fingerprint density at radius 3 is 2.12 bits per heavy atom. The Morgan fingerprint density at radius 1 is 1.12 bits per heavy atom. The highest BCUT2D eigenvalue weighted by Gasteiger charge is 2.18. The number of hydrogen-bond donors (Lipinski definition) is 0. The SMILES string of the molecule is CCOc1ccc(C(Br)C(C)C(C)C)cc1. The Morgan fingerprint density at radius 2 is 1.69 bits per heavy atom. The third kappa shape index (κ3) is 3.51. The first-order chi connectivity index (χ1) is 7.56. The summed E-state index contributed by atoms with van der Waals surface area (Å²) in [5.74, 6) is 2.25. The highest BCUT2D eigenvalue weighted by Crippen LogP contribution is 2.35. The summed E-state index contributed by atoms with van der Waals surface area (Å²) in [7, 11) is 0. The van der Waals surface area contributed by atoms with Crippen LogP contribution in [-0.4, -0.2) is 6.61 Å². The molecule has 1 aromatic rings. The van der Waals surface area contributed by atoms with E-state index in [1.54, 1.807) is 0 Å². The molecular weight excluding hydrogens is 264 g/mol. The van der Waals surface area contributed by atoms with E-state index in [1.165, 1.54) is 5.56 Å². The molecule has 0 amide bonds. The van der Waals surface area contributed by atoms with E-state index in [9.17, 15) is 0 Å². The topological polar surface area (TPSA) is 9.23 Å². The first-order valence-electron chi connectivity index (χ1n) is 5.93. The van der Waals surface area contributed by atoms with Crippen LogP contribution < -0.4 is 4.74 Å². The van der Waals surface area contributed by atoms with Crippen molar-refractivity contribution < 1.29 is 4.74 Å². The van der Waals surface area contributed by atoms with Gasteiger partial charge in [-0.2, -0.15) is 0 Å². The molecule has 2 atom stereocenters. The van der Waals surface area contributed by atoms with Gasteiger partial charge in [0.25, 0.3) is 0 Å². The van der Waals surface area contributed by atoms with Gasteiger partial charge in [-0.1, -0.05) is 48.8 Å². The fraction of sp³-hybridized carbons (Fsp3) is 0.571. The highest BCUT2D eigenvalue weighted by molar-refractivity contribution is 9.09. The molecule has 1 rings (SSSR count). The summed E-state index contributed by atoms with van der Waals surface area (Å²) >= 11 is 3.77. The van der Waals surface area contributed by atoms with E-state index in [2.05, 4.69) is 48.8 Å². The van der Waals surface area contributed by atoms with E-state index in [0.717, 1.165) is 12.4 Å². The lowest BCUT2D eigenvalue weighted by Crippen LogP contribution is -2.10. The monoisotopic (exact) mass is 284 g/mol. The predicted molar refractivity (Wildman–Crippen MR) is 73.3 cm³/mol. The smallest absolute Gasteiger partial charge is 0.119 e. The molecule has 90 valence electrons. The van der Waals surface area contributed by atoms with Gasteiger partial charge in [-0.3, -0.25) is 0 Å². The molecule has 2 heteroatoms. The summed E-state index contributed by atoms with van der Waals surface area (Å²) in [5, 5.41) is 0. The summed E-state index contributed by atoms with van der Waals surface area (Å²) in [6.45, 7) is 9.52. The Bertz CT molecular complexity index is 305. The molecule has 0 spiro atoms. The quantitative estimate of drug-likeness (QED) is 0.705.